The van der Waals surface area contributed by atoms with Crippen molar-refractivity contribution in [2.24, 2.45) is 0 Å². The number of aromatic hydroxyl groups is 1. The van der Waals surface area contributed by atoms with Gasteiger partial charge >= 0.3 is 0 Å². The Kier molecular flexibility index (Phi) is 3.57. The van der Waals surface area contributed by atoms with Crippen LogP contribution in [0.25, 0.3) is 0 Å². The minimum atomic E-state index is 0.215. The third-order valence-electron chi connectivity index (χ3n) is 2.54. The zero-order chi connectivity index (χ0) is 13.0. The number of phenols is 1. The zero-order valence-electron chi connectivity index (χ0n) is 10.1. The predicted molar refractivity (Wildman–Crippen MR) is 69.8 cm³/mol. The number of hydrogen-bond acceptors (Lipinski definition) is 4. The maximum atomic E-state index is 9.17. The van der Waals surface area contributed by atoms with E-state index in [9.17, 15) is 0 Å². The fourth-order valence-corrected chi connectivity index (χ4v) is 1.58. The molecule has 2 aromatic carbocycles. The number of benzene rings is 2. The van der Waals surface area contributed by atoms with Gasteiger partial charge in [-0.15, -0.1) is 0 Å². The van der Waals surface area contributed by atoms with Crippen molar-refractivity contribution < 1.29 is 14.6 Å². The molecule has 0 spiro atoms. The van der Waals surface area contributed by atoms with E-state index in [-0.39, 0.29) is 5.75 Å². The molecule has 0 atom stereocenters. The summed E-state index contributed by atoms with van der Waals surface area (Å²) in [6.45, 7) is 0.383. The Morgan fingerprint density at radius 1 is 1.11 bits per heavy atom. The van der Waals surface area contributed by atoms with Gasteiger partial charge in [0.05, 0.1) is 7.11 Å². The second kappa shape index (κ2) is 5.31. The molecular formula is C14H15NO3. The first-order valence-corrected chi connectivity index (χ1v) is 5.53. The lowest BCUT2D eigenvalue weighted by Crippen LogP contribution is -1.99. The second-order valence-corrected chi connectivity index (χ2v) is 3.85. The van der Waals surface area contributed by atoms with Crippen LogP contribution in [0.1, 0.15) is 5.56 Å². The van der Waals surface area contributed by atoms with Crippen LogP contribution in [0.5, 0.6) is 17.2 Å². The van der Waals surface area contributed by atoms with Crippen molar-refractivity contribution in [1.29, 1.82) is 0 Å². The standard InChI is InChI=1S/C14H15NO3/c1-17-14-8-11(15)3-2-10(14)9-18-13-6-4-12(16)5-7-13/h2-8,16H,9,15H2,1H3. The molecule has 0 unspecified atom stereocenters. The molecule has 0 bridgehead atoms. The molecule has 0 aliphatic rings. The summed E-state index contributed by atoms with van der Waals surface area (Å²) in [5.74, 6) is 1.60. The molecule has 0 amide bonds. The molecule has 2 rings (SSSR count). The van der Waals surface area contributed by atoms with Gasteiger partial charge in [-0.2, -0.15) is 0 Å². The van der Waals surface area contributed by atoms with Gasteiger partial charge in [0, 0.05) is 17.3 Å². The van der Waals surface area contributed by atoms with Gasteiger partial charge in [0.2, 0.25) is 0 Å². The molecule has 0 aliphatic heterocycles. The fourth-order valence-electron chi connectivity index (χ4n) is 1.58. The molecule has 4 nitrogen and oxygen atoms in total. The summed E-state index contributed by atoms with van der Waals surface area (Å²) < 4.78 is 10.8. The van der Waals surface area contributed by atoms with Crippen LogP contribution in [-0.4, -0.2) is 12.2 Å². The van der Waals surface area contributed by atoms with Crippen molar-refractivity contribution >= 4 is 5.69 Å². The lowest BCUT2D eigenvalue weighted by Gasteiger charge is -2.11. The van der Waals surface area contributed by atoms with E-state index >= 15 is 0 Å². The van der Waals surface area contributed by atoms with E-state index in [2.05, 4.69) is 0 Å². The molecule has 0 fully saturated rings. The maximum absolute atomic E-state index is 9.17. The molecule has 0 saturated heterocycles. The minimum absolute atomic E-state index is 0.215. The first-order chi connectivity index (χ1) is 8.69. The summed E-state index contributed by atoms with van der Waals surface area (Å²) in [6.07, 6.45) is 0. The summed E-state index contributed by atoms with van der Waals surface area (Å²) in [4.78, 5) is 0. The van der Waals surface area contributed by atoms with Gasteiger partial charge in [-0.1, -0.05) is 0 Å². The molecule has 0 aromatic heterocycles. The Balaban J connectivity index is 2.08. The minimum Gasteiger partial charge on any atom is -0.508 e. The van der Waals surface area contributed by atoms with Crippen LogP contribution in [0.2, 0.25) is 0 Å². The normalized spacial score (nSPS) is 10.1. The summed E-state index contributed by atoms with van der Waals surface area (Å²) in [6, 6.07) is 12.0. The van der Waals surface area contributed by atoms with Gasteiger partial charge in [-0.3, -0.25) is 0 Å². The van der Waals surface area contributed by atoms with Crippen molar-refractivity contribution in [2.75, 3.05) is 12.8 Å². The number of rotatable bonds is 4. The first kappa shape index (κ1) is 12.1. The number of anilines is 1. The van der Waals surface area contributed by atoms with Gasteiger partial charge in [-0.05, 0) is 36.4 Å². The van der Waals surface area contributed by atoms with Crippen molar-refractivity contribution in [3.8, 4) is 17.2 Å². The van der Waals surface area contributed by atoms with E-state index in [1.165, 1.54) is 0 Å². The lowest BCUT2D eigenvalue weighted by molar-refractivity contribution is 0.296. The van der Waals surface area contributed by atoms with Gasteiger partial charge in [0.1, 0.15) is 23.9 Å². The van der Waals surface area contributed by atoms with Crippen molar-refractivity contribution in [1.82, 2.24) is 0 Å². The van der Waals surface area contributed by atoms with Gasteiger partial charge in [-0.25, -0.2) is 0 Å². The average molecular weight is 245 g/mol. The van der Waals surface area contributed by atoms with Crippen LogP contribution in [-0.2, 0) is 6.61 Å². The summed E-state index contributed by atoms with van der Waals surface area (Å²) in [7, 11) is 1.60. The summed E-state index contributed by atoms with van der Waals surface area (Å²) in [5, 5.41) is 9.17. The van der Waals surface area contributed by atoms with E-state index in [1.54, 1.807) is 43.5 Å². The largest absolute Gasteiger partial charge is 0.508 e. The molecule has 4 heteroatoms. The van der Waals surface area contributed by atoms with Gasteiger partial charge < -0.3 is 20.3 Å². The van der Waals surface area contributed by atoms with Crippen LogP contribution < -0.4 is 15.2 Å². The molecule has 0 aliphatic carbocycles. The van der Waals surface area contributed by atoms with Crippen molar-refractivity contribution in [3.05, 3.63) is 48.0 Å². The number of nitrogens with two attached hydrogens (primary N) is 1. The number of phenolic OH excluding ortho intramolecular Hbond substituents is 1. The molecular weight excluding hydrogens is 230 g/mol. The average Bonchev–Trinajstić information content (AvgIpc) is 2.39. The highest BCUT2D eigenvalue weighted by molar-refractivity contribution is 5.48. The quantitative estimate of drug-likeness (QED) is 0.812. The van der Waals surface area contributed by atoms with Crippen LogP contribution in [0, 0.1) is 0 Å². The Hall–Kier alpha value is -2.36. The molecule has 0 radical (unpaired) electrons. The highest BCUT2D eigenvalue weighted by atomic mass is 16.5. The molecule has 2 aromatic rings. The van der Waals surface area contributed by atoms with Crippen molar-refractivity contribution in [2.45, 2.75) is 6.61 Å². The van der Waals surface area contributed by atoms with E-state index in [0.29, 0.717) is 23.8 Å². The molecule has 94 valence electrons. The van der Waals surface area contributed by atoms with Gasteiger partial charge in [0.15, 0.2) is 0 Å². The Morgan fingerprint density at radius 3 is 2.50 bits per heavy atom. The highest BCUT2D eigenvalue weighted by Crippen LogP contribution is 2.24. The monoisotopic (exact) mass is 245 g/mol. The van der Waals surface area contributed by atoms with Crippen molar-refractivity contribution in [3.63, 3.8) is 0 Å². The maximum Gasteiger partial charge on any atom is 0.127 e. The Morgan fingerprint density at radius 2 is 1.83 bits per heavy atom. The Bertz CT molecular complexity index is 523. The summed E-state index contributed by atoms with van der Waals surface area (Å²) >= 11 is 0. The predicted octanol–water partition coefficient (Wildman–Crippen LogP) is 2.56. The van der Waals surface area contributed by atoms with E-state index in [1.807, 2.05) is 6.07 Å². The number of hydrogen-bond donors (Lipinski definition) is 2. The lowest BCUT2D eigenvalue weighted by atomic mass is 10.2. The Labute approximate surface area is 106 Å². The van der Waals surface area contributed by atoms with Crippen LogP contribution in [0.3, 0.4) is 0 Å². The van der Waals surface area contributed by atoms with Crippen LogP contribution in [0.15, 0.2) is 42.5 Å². The topological polar surface area (TPSA) is 64.7 Å². The third-order valence-corrected chi connectivity index (χ3v) is 2.54. The smallest absolute Gasteiger partial charge is 0.127 e. The highest BCUT2D eigenvalue weighted by Gasteiger charge is 2.04. The van der Waals surface area contributed by atoms with E-state index in [0.717, 1.165) is 5.56 Å². The number of ether oxygens (including phenoxy) is 2. The van der Waals surface area contributed by atoms with Crippen LogP contribution in [0.4, 0.5) is 5.69 Å². The third kappa shape index (κ3) is 2.85. The van der Waals surface area contributed by atoms with E-state index < -0.39 is 0 Å². The molecule has 0 saturated carbocycles. The summed E-state index contributed by atoms with van der Waals surface area (Å²) in [5.41, 5.74) is 7.25. The number of nitrogen functional groups attached to an aromatic ring is 1. The van der Waals surface area contributed by atoms with Gasteiger partial charge in [0.25, 0.3) is 0 Å². The number of methoxy groups -OCH3 is 1. The second-order valence-electron chi connectivity index (χ2n) is 3.85. The SMILES string of the molecule is COc1cc(N)ccc1COc1ccc(O)cc1. The molecule has 18 heavy (non-hydrogen) atoms. The zero-order valence-corrected chi connectivity index (χ0v) is 10.1. The fraction of sp³-hybridized carbons (Fsp3) is 0.143. The van der Waals surface area contributed by atoms with E-state index in [4.69, 9.17) is 20.3 Å². The first-order valence-electron chi connectivity index (χ1n) is 5.53. The molecule has 3 N–H and O–H groups in total. The van der Waals surface area contributed by atoms with Crippen LogP contribution >= 0.6 is 0 Å². The molecule has 0 heterocycles.